The fraction of sp³-hybridized carbons (Fsp3) is 0.842. The van der Waals surface area contributed by atoms with Crippen molar-refractivity contribution in [2.45, 2.75) is 98.4 Å². The van der Waals surface area contributed by atoms with Crippen LogP contribution in [0.25, 0.3) is 0 Å². The zero-order valence-corrected chi connectivity index (χ0v) is 17.0. The fourth-order valence-electron chi connectivity index (χ4n) is 2.66. The first-order valence-corrected chi connectivity index (χ1v) is 9.19. The van der Waals surface area contributed by atoms with E-state index >= 15 is 0 Å². The van der Waals surface area contributed by atoms with Gasteiger partial charge in [-0.1, -0.05) is 19.9 Å². The molecule has 24 heavy (non-hydrogen) atoms. The van der Waals surface area contributed by atoms with E-state index < -0.39 is 5.60 Å². The second kappa shape index (κ2) is 7.61. The highest BCUT2D eigenvalue weighted by atomic mass is 16.7. The number of carbonyl (C=O) groups excluding carboxylic acids is 1. The van der Waals surface area contributed by atoms with Crippen LogP contribution in [0.5, 0.6) is 0 Å². The van der Waals surface area contributed by atoms with Crippen molar-refractivity contribution in [2.75, 3.05) is 0 Å². The van der Waals surface area contributed by atoms with Gasteiger partial charge < -0.3 is 14.0 Å². The summed E-state index contributed by atoms with van der Waals surface area (Å²) in [5, 5.41) is 0. The van der Waals surface area contributed by atoms with Gasteiger partial charge in [0.2, 0.25) is 0 Å². The lowest BCUT2D eigenvalue weighted by atomic mass is 9.70. The van der Waals surface area contributed by atoms with Gasteiger partial charge >= 0.3 is 13.1 Å². The van der Waals surface area contributed by atoms with Crippen LogP contribution < -0.4 is 0 Å². The second-order valence-corrected chi connectivity index (χ2v) is 8.37. The minimum atomic E-state index is -0.424. The minimum absolute atomic E-state index is 0.0506. The molecule has 1 atom stereocenters. The van der Waals surface area contributed by atoms with E-state index in [-0.39, 0.29) is 30.2 Å². The first-order valence-electron chi connectivity index (χ1n) is 9.19. The quantitative estimate of drug-likeness (QED) is 0.540. The highest BCUT2D eigenvalue weighted by Crippen LogP contribution is 2.40. The molecule has 5 heteroatoms. The SMILES string of the molecule is CC.CC(C)(C)OC(=O)C1CC=C(B2OC(C)(C)C(C)(C)O2)CC1. The topological polar surface area (TPSA) is 44.8 Å². The van der Waals surface area contributed by atoms with E-state index in [0.717, 1.165) is 18.3 Å². The summed E-state index contributed by atoms with van der Waals surface area (Å²) < 4.78 is 17.6. The molecule has 0 amide bonds. The number of hydrogen-bond acceptors (Lipinski definition) is 4. The molecule has 0 saturated carbocycles. The van der Waals surface area contributed by atoms with Crippen LogP contribution >= 0.6 is 0 Å². The van der Waals surface area contributed by atoms with E-state index in [1.54, 1.807) is 0 Å². The van der Waals surface area contributed by atoms with Crippen LogP contribution in [0.15, 0.2) is 11.5 Å². The molecule has 4 nitrogen and oxygen atoms in total. The van der Waals surface area contributed by atoms with Gasteiger partial charge in [0.1, 0.15) is 5.60 Å². The summed E-state index contributed by atoms with van der Waals surface area (Å²) >= 11 is 0. The Hall–Kier alpha value is -0.805. The summed E-state index contributed by atoms with van der Waals surface area (Å²) in [5.74, 6) is -0.151. The lowest BCUT2D eigenvalue weighted by Gasteiger charge is -2.32. The maximum Gasteiger partial charge on any atom is 0.490 e. The third-order valence-electron chi connectivity index (χ3n) is 4.74. The average molecular weight is 338 g/mol. The molecule has 1 unspecified atom stereocenters. The van der Waals surface area contributed by atoms with Gasteiger partial charge in [0.05, 0.1) is 17.1 Å². The Labute approximate surface area is 148 Å². The zero-order chi connectivity index (χ0) is 18.8. The van der Waals surface area contributed by atoms with Crippen molar-refractivity contribution in [2.24, 2.45) is 5.92 Å². The molecule has 0 radical (unpaired) electrons. The standard InChI is InChI=1S/C17H29BO4.C2H6/c1-15(2,3)20-14(19)12-8-10-13(11-9-12)18-21-16(4,5)17(6,7)22-18;1-2/h10,12H,8-9,11H2,1-7H3;1-2H3. The summed E-state index contributed by atoms with van der Waals surface area (Å²) in [6, 6.07) is 0. The number of carbonyl (C=O) groups is 1. The molecule has 1 aliphatic heterocycles. The van der Waals surface area contributed by atoms with Crippen molar-refractivity contribution in [3.05, 3.63) is 11.5 Å². The molecule has 138 valence electrons. The third kappa shape index (κ3) is 5.09. The van der Waals surface area contributed by atoms with Gasteiger partial charge in [-0.2, -0.15) is 0 Å². The summed E-state index contributed by atoms with van der Waals surface area (Å²) in [4.78, 5) is 12.1. The van der Waals surface area contributed by atoms with Crippen LogP contribution in [0, 0.1) is 5.92 Å². The van der Waals surface area contributed by atoms with Crippen molar-refractivity contribution in [3.63, 3.8) is 0 Å². The van der Waals surface area contributed by atoms with Gasteiger partial charge in [0.15, 0.2) is 0 Å². The Morgan fingerprint density at radius 2 is 1.67 bits per heavy atom. The predicted molar refractivity (Wildman–Crippen MR) is 98.7 cm³/mol. The molecule has 0 N–H and O–H groups in total. The molecule has 0 aromatic heterocycles. The number of hydrogen-bond donors (Lipinski definition) is 0. The van der Waals surface area contributed by atoms with Gasteiger partial charge in [-0.25, -0.2) is 0 Å². The van der Waals surface area contributed by atoms with E-state index in [4.69, 9.17) is 14.0 Å². The summed E-state index contributed by atoms with van der Waals surface area (Å²) in [5.41, 5.74) is 0.0897. The van der Waals surface area contributed by atoms with Gasteiger partial charge in [-0.3, -0.25) is 4.79 Å². The van der Waals surface area contributed by atoms with E-state index in [1.807, 2.05) is 34.6 Å². The van der Waals surface area contributed by atoms with Crippen LogP contribution in [0.3, 0.4) is 0 Å². The Kier molecular flexibility index (Phi) is 6.73. The number of ether oxygens (including phenoxy) is 1. The van der Waals surface area contributed by atoms with Crippen molar-refractivity contribution in [1.82, 2.24) is 0 Å². The Morgan fingerprint density at radius 3 is 2.04 bits per heavy atom. The molecule has 0 aromatic carbocycles. The van der Waals surface area contributed by atoms with Crippen molar-refractivity contribution >= 4 is 13.1 Å². The van der Waals surface area contributed by atoms with Gasteiger partial charge in [0, 0.05) is 0 Å². The average Bonchev–Trinajstić information content (AvgIpc) is 2.68. The maximum atomic E-state index is 12.1. The molecule has 1 heterocycles. The second-order valence-electron chi connectivity index (χ2n) is 8.37. The number of esters is 1. The molecule has 1 aliphatic carbocycles. The van der Waals surface area contributed by atoms with Crippen molar-refractivity contribution in [1.29, 1.82) is 0 Å². The number of rotatable bonds is 2. The van der Waals surface area contributed by atoms with Crippen LogP contribution in [0.1, 0.15) is 81.6 Å². The Balaban J connectivity index is 0.00000139. The molecule has 1 saturated heterocycles. The fourth-order valence-corrected chi connectivity index (χ4v) is 2.66. The minimum Gasteiger partial charge on any atom is -0.460 e. The first kappa shape index (κ1) is 21.2. The molecular formula is C19H35BO4. The zero-order valence-electron chi connectivity index (χ0n) is 17.0. The summed E-state index contributed by atoms with van der Waals surface area (Å²) in [7, 11) is -0.287. The van der Waals surface area contributed by atoms with Crippen LogP contribution in [-0.2, 0) is 18.8 Å². The summed E-state index contributed by atoms with van der Waals surface area (Å²) in [6.07, 6.45) is 4.42. The molecule has 0 aromatic rings. The lowest BCUT2D eigenvalue weighted by Crippen LogP contribution is -2.41. The van der Waals surface area contributed by atoms with Gasteiger partial charge in [-0.15, -0.1) is 0 Å². The van der Waals surface area contributed by atoms with E-state index in [1.165, 1.54) is 0 Å². The van der Waals surface area contributed by atoms with Crippen LogP contribution in [-0.4, -0.2) is 29.9 Å². The van der Waals surface area contributed by atoms with Gasteiger partial charge in [0.25, 0.3) is 0 Å². The van der Waals surface area contributed by atoms with Crippen LogP contribution in [0.4, 0.5) is 0 Å². The summed E-state index contributed by atoms with van der Waals surface area (Å²) in [6.45, 7) is 17.9. The van der Waals surface area contributed by atoms with Crippen molar-refractivity contribution in [3.8, 4) is 0 Å². The first-order chi connectivity index (χ1) is 10.9. The molecule has 2 aliphatic rings. The molecule has 1 fully saturated rings. The largest absolute Gasteiger partial charge is 0.490 e. The smallest absolute Gasteiger partial charge is 0.460 e. The third-order valence-corrected chi connectivity index (χ3v) is 4.74. The highest BCUT2D eigenvalue weighted by molar-refractivity contribution is 6.54. The Morgan fingerprint density at radius 1 is 1.17 bits per heavy atom. The van der Waals surface area contributed by atoms with E-state index in [0.29, 0.717) is 6.42 Å². The lowest BCUT2D eigenvalue weighted by molar-refractivity contribution is -0.160. The molecule has 0 spiro atoms. The van der Waals surface area contributed by atoms with Crippen molar-refractivity contribution < 1.29 is 18.8 Å². The monoisotopic (exact) mass is 338 g/mol. The molecule has 2 rings (SSSR count). The highest BCUT2D eigenvalue weighted by Gasteiger charge is 2.52. The van der Waals surface area contributed by atoms with E-state index in [2.05, 4.69) is 33.8 Å². The van der Waals surface area contributed by atoms with E-state index in [9.17, 15) is 4.79 Å². The molecule has 0 bridgehead atoms. The predicted octanol–water partition coefficient (Wildman–Crippen LogP) is 4.71. The van der Waals surface area contributed by atoms with Gasteiger partial charge in [-0.05, 0) is 73.2 Å². The van der Waals surface area contributed by atoms with Crippen LogP contribution in [0.2, 0.25) is 0 Å². The maximum absolute atomic E-state index is 12.1. The number of allylic oxidation sites excluding steroid dienone is 2. The Bertz CT molecular complexity index is 458. The normalized spacial score (nSPS) is 25.5. The molecular weight excluding hydrogens is 303 g/mol.